The van der Waals surface area contributed by atoms with Gasteiger partial charge in [0.2, 0.25) is 0 Å². The van der Waals surface area contributed by atoms with Crippen LogP contribution >= 0.6 is 22.9 Å². The standard InChI is InChI=1S/C13H10ClFOS/c14-10-4-3-9(13(15)7-10)6-11(16)8-12-2-1-5-17-12/h1-5,7H,6,8H2. The third kappa shape index (κ3) is 3.38. The van der Waals surface area contributed by atoms with Crippen molar-refractivity contribution in [3.05, 3.63) is 57.0 Å². The molecule has 0 unspecified atom stereocenters. The first-order valence-corrected chi connectivity index (χ1v) is 6.39. The molecule has 4 heteroatoms. The average molecular weight is 269 g/mol. The molecule has 1 nitrogen and oxygen atoms in total. The molecule has 1 heterocycles. The van der Waals surface area contributed by atoms with E-state index in [1.165, 1.54) is 17.4 Å². The summed E-state index contributed by atoms with van der Waals surface area (Å²) in [5.41, 5.74) is 0.399. The lowest BCUT2D eigenvalue weighted by Crippen LogP contribution is -2.06. The van der Waals surface area contributed by atoms with Crippen LogP contribution in [0.15, 0.2) is 35.7 Å². The van der Waals surface area contributed by atoms with E-state index in [0.717, 1.165) is 4.88 Å². The van der Waals surface area contributed by atoms with Gasteiger partial charge in [0.1, 0.15) is 11.6 Å². The van der Waals surface area contributed by atoms with Gasteiger partial charge in [-0.3, -0.25) is 4.79 Å². The number of halogens is 2. The minimum absolute atomic E-state index is 0.00803. The summed E-state index contributed by atoms with van der Waals surface area (Å²) in [5, 5.41) is 2.27. The Morgan fingerprint density at radius 3 is 2.76 bits per heavy atom. The average Bonchev–Trinajstić information content (AvgIpc) is 2.75. The van der Waals surface area contributed by atoms with Crippen LogP contribution in [0.25, 0.3) is 0 Å². The number of benzene rings is 1. The normalized spacial score (nSPS) is 10.5. The van der Waals surface area contributed by atoms with Crippen LogP contribution in [0.4, 0.5) is 4.39 Å². The smallest absolute Gasteiger partial charge is 0.142 e. The van der Waals surface area contributed by atoms with Crippen LogP contribution in [0.3, 0.4) is 0 Å². The van der Waals surface area contributed by atoms with Crippen molar-refractivity contribution in [2.75, 3.05) is 0 Å². The molecule has 88 valence electrons. The van der Waals surface area contributed by atoms with Crippen molar-refractivity contribution in [2.24, 2.45) is 0 Å². The van der Waals surface area contributed by atoms with E-state index in [1.807, 2.05) is 17.5 Å². The minimum Gasteiger partial charge on any atom is -0.299 e. The number of rotatable bonds is 4. The van der Waals surface area contributed by atoms with Gasteiger partial charge in [0.25, 0.3) is 0 Å². The maximum absolute atomic E-state index is 13.5. The van der Waals surface area contributed by atoms with Crippen LogP contribution in [0.1, 0.15) is 10.4 Å². The molecule has 0 aliphatic heterocycles. The van der Waals surface area contributed by atoms with Crippen molar-refractivity contribution < 1.29 is 9.18 Å². The van der Waals surface area contributed by atoms with Gasteiger partial charge in [0, 0.05) is 22.7 Å². The molecule has 0 saturated carbocycles. The van der Waals surface area contributed by atoms with E-state index in [1.54, 1.807) is 12.1 Å². The molecule has 0 amide bonds. The lowest BCUT2D eigenvalue weighted by atomic mass is 10.1. The van der Waals surface area contributed by atoms with Crippen molar-refractivity contribution in [1.29, 1.82) is 0 Å². The fourth-order valence-corrected chi connectivity index (χ4v) is 2.44. The van der Waals surface area contributed by atoms with Gasteiger partial charge in [-0.25, -0.2) is 4.39 Å². The predicted octanol–water partition coefficient (Wildman–Crippen LogP) is 3.89. The highest BCUT2D eigenvalue weighted by molar-refractivity contribution is 7.10. The number of hydrogen-bond acceptors (Lipinski definition) is 2. The quantitative estimate of drug-likeness (QED) is 0.822. The van der Waals surface area contributed by atoms with Gasteiger partial charge in [0.15, 0.2) is 0 Å². The Bertz CT molecular complexity index is 522. The predicted molar refractivity (Wildman–Crippen MR) is 68.1 cm³/mol. The topological polar surface area (TPSA) is 17.1 Å². The summed E-state index contributed by atoms with van der Waals surface area (Å²) in [7, 11) is 0. The first-order valence-electron chi connectivity index (χ1n) is 5.13. The van der Waals surface area contributed by atoms with E-state index in [2.05, 4.69) is 0 Å². The summed E-state index contributed by atoms with van der Waals surface area (Å²) in [6.45, 7) is 0. The number of thiophene rings is 1. The first-order chi connectivity index (χ1) is 8.15. The zero-order valence-corrected chi connectivity index (χ0v) is 10.5. The van der Waals surface area contributed by atoms with Gasteiger partial charge in [-0.05, 0) is 29.1 Å². The van der Waals surface area contributed by atoms with Gasteiger partial charge in [-0.1, -0.05) is 23.7 Å². The molecule has 0 aliphatic rings. The summed E-state index contributed by atoms with van der Waals surface area (Å²) in [5.74, 6) is -0.411. The van der Waals surface area contributed by atoms with Crippen LogP contribution in [0.5, 0.6) is 0 Å². The molecule has 2 aromatic rings. The first kappa shape index (κ1) is 12.3. The molecule has 0 aliphatic carbocycles. The van der Waals surface area contributed by atoms with Gasteiger partial charge >= 0.3 is 0 Å². The maximum atomic E-state index is 13.5. The van der Waals surface area contributed by atoms with E-state index >= 15 is 0 Å². The van der Waals surface area contributed by atoms with Crippen molar-refractivity contribution in [3.8, 4) is 0 Å². The molecule has 0 bridgehead atoms. The van der Waals surface area contributed by atoms with Gasteiger partial charge in [-0.15, -0.1) is 11.3 Å². The van der Waals surface area contributed by atoms with Crippen LogP contribution < -0.4 is 0 Å². The molecule has 17 heavy (non-hydrogen) atoms. The van der Waals surface area contributed by atoms with Gasteiger partial charge in [0.05, 0.1) is 0 Å². The fraction of sp³-hybridized carbons (Fsp3) is 0.154. The number of carbonyl (C=O) groups excluding carboxylic acids is 1. The zero-order valence-electron chi connectivity index (χ0n) is 8.95. The summed E-state index contributed by atoms with van der Waals surface area (Å²) in [4.78, 5) is 12.7. The van der Waals surface area contributed by atoms with E-state index in [0.29, 0.717) is 17.0 Å². The fourth-order valence-electron chi connectivity index (χ4n) is 1.55. The lowest BCUT2D eigenvalue weighted by Gasteiger charge is -2.02. The Morgan fingerprint density at radius 1 is 1.29 bits per heavy atom. The largest absolute Gasteiger partial charge is 0.299 e. The zero-order chi connectivity index (χ0) is 12.3. The SMILES string of the molecule is O=C(Cc1cccs1)Cc1ccc(Cl)cc1F. The van der Waals surface area contributed by atoms with Crippen LogP contribution in [0, 0.1) is 5.82 Å². The third-order valence-corrected chi connectivity index (χ3v) is 3.47. The summed E-state index contributed by atoms with van der Waals surface area (Å²) >= 11 is 7.18. The van der Waals surface area contributed by atoms with Crippen LogP contribution in [0.2, 0.25) is 5.02 Å². The Labute approximate surface area is 108 Å². The maximum Gasteiger partial charge on any atom is 0.142 e. The second-order valence-corrected chi connectivity index (χ2v) is 5.18. The minimum atomic E-state index is -0.419. The second kappa shape index (κ2) is 5.43. The van der Waals surface area contributed by atoms with Crippen molar-refractivity contribution >= 4 is 28.7 Å². The van der Waals surface area contributed by atoms with E-state index in [-0.39, 0.29) is 12.2 Å². The highest BCUT2D eigenvalue weighted by Crippen LogP contribution is 2.16. The molecule has 0 saturated heterocycles. The molecular weight excluding hydrogens is 259 g/mol. The second-order valence-electron chi connectivity index (χ2n) is 3.71. The Hall–Kier alpha value is -1.19. The van der Waals surface area contributed by atoms with Gasteiger partial charge in [-0.2, -0.15) is 0 Å². The number of Topliss-reactive ketones (excluding diaryl/α,β-unsaturated/α-hetero) is 1. The van der Waals surface area contributed by atoms with Crippen LogP contribution in [-0.4, -0.2) is 5.78 Å². The van der Waals surface area contributed by atoms with Crippen molar-refractivity contribution in [2.45, 2.75) is 12.8 Å². The molecular formula is C13H10ClFOS. The molecule has 2 rings (SSSR count). The lowest BCUT2D eigenvalue weighted by molar-refractivity contribution is -0.117. The monoisotopic (exact) mass is 268 g/mol. The number of ketones is 1. The highest BCUT2D eigenvalue weighted by atomic mass is 35.5. The van der Waals surface area contributed by atoms with E-state index in [9.17, 15) is 9.18 Å². The summed E-state index contributed by atoms with van der Waals surface area (Å²) in [6, 6.07) is 8.19. The molecule has 0 fully saturated rings. The number of carbonyl (C=O) groups is 1. The molecule has 1 aromatic carbocycles. The Kier molecular flexibility index (Phi) is 3.92. The van der Waals surface area contributed by atoms with E-state index in [4.69, 9.17) is 11.6 Å². The summed E-state index contributed by atoms with van der Waals surface area (Å²) in [6.07, 6.45) is 0.473. The third-order valence-electron chi connectivity index (χ3n) is 2.35. The molecule has 0 spiro atoms. The molecule has 0 radical (unpaired) electrons. The Morgan fingerprint density at radius 2 is 2.12 bits per heavy atom. The van der Waals surface area contributed by atoms with Crippen LogP contribution in [-0.2, 0) is 17.6 Å². The van der Waals surface area contributed by atoms with E-state index < -0.39 is 5.82 Å². The summed E-state index contributed by atoms with van der Waals surface area (Å²) < 4.78 is 13.5. The number of hydrogen-bond donors (Lipinski definition) is 0. The van der Waals surface area contributed by atoms with Gasteiger partial charge < -0.3 is 0 Å². The molecule has 0 atom stereocenters. The van der Waals surface area contributed by atoms with Crippen molar-refractivity contribution in [1.82, 2.24) is 0 Å². The molecule has 0 N–H and O–H groups in total. The molecule has 1 aromatic heterocycles. The highest BCUT2D eigenvalue weighted by Gasteiger charge is 2.10. The Balaban J connectivity index is 2.03. The van der Waals surface area contributed by atoms with Crippen molar-refractivity contribution in [3.63, 3.8) is 0 Å².